The van der Waals surface area contributed by atoms with E-state index in [0.29, 0.717) is 30.4 Å². The molecule has 4 rings (SSSR count). The van der Waals surface area contributed by atoms with Gasteiger partial charge in [0.2, 0.25) is 0 Å². The van der Waals surface area contributed by atoms with Crippen LogP contribution in [0.15, 0.2) is 66.7 Å². The number of anilines is 1. The number of rotatable bonds is 5. The van der Waals surface area contributed by atoms with E-state index in [0.717, 1.165) is 16.3 Å². The molecule has 1 aliphatic rings. The fourth-order valence-corrected chi connectivity index (χ4v) is 3.16. The molecule has 1 heterocycles. The van der Waals surface area contributed by atoms with Crippen molar-refractivity contribution in [3.8, 4) is 11.5 Å². The van der Waals surface area contributed by atoms with Gasteiger partial charge in [-0.25, -0.2) is 4.79 Å². The van der Waals surface area contributed by atoms with Crippen LogP contribution in [-0.2, 0) is 14.3 Å². The summed E-state index contributed by atoms with van der Waals surface area (Å²) in [6, 6.07) is 18.8. The summed E-state index contributed by atoms with van der Waals surface area (Å²) in [5, 5.41) is 4.77. The van der Waals surface area contributed by atoms with Gasteiger partial charge in [0, 0.05) is 17.1 Å². The molecule has 152 valence electrons. The minimum atomic E-state index is -0.943. The maximum absolute atomic E-state index is 12.5. The molecule has 0 aliphatic carbocycles. The normalized spacial score (nSPS) is 13.8. The molecule has 0 saturated carbocycles. The minimum absolute atomic E-state index is 0.396. The molecule has 3 aromatic rings. The summed E-state index contributed by atoms with van der Waals surface area (Å²) in [6.45, 7) is 2.55. The first-order valence-electron chi connectivity index (χ1n) is 9.67. The molecular weight excluding hydrogens is 382 g/mol. The maximum Gasteiger partial charge on any atom is 0.331 e. The molecular formula is C24H21NO5. The first-order chi connectivity index (χ1) is 14.6. The van der Waals surface area contributed by atoms with Crippen LogP contribution in [0, 0.1) is 0 Å². The fourth-order valence-electron chi connectivity index (χ4n) is 3.16. The van der Waals surface area contributed by atoms with E-state index in [1.54, 1.807) is 18.2 Å². The lowest BCUT2D eigenvalue weighted by Crippen LogP contribution is -2.29. The average molecular weight is 403 g/mol. The highest BCUT2D eigenvalue weighted by atomic mass is 16.6. The van der Waals surface area contributed by atoms with Crippen molar-refractivity contribution in [3.63, 3.8) is 0 Å². The quantitative estimate of drug-likeness (QED) is 0.511. The molecule has 6 nitrogen and oxygen atoms in total. The Bertz CT molecular complexity index is 1120. The Morgan fingerprint density at radius 1 is 1.00 bits per heavy atom. The Morgan fingerprint density at radius 2 is 1.77 bits per heavy atom. The zero-order valence-corrected chi connectivity index (χ0v) is 16.5. The highest BCUT2D eigenvalue weighted by Crippen LogP contribution is 2.31. The number of benzene rings is 3. The van der Waals surface area contributed by atoms with Crippen molar-refractivity contribution in [3.05, 3.63) is 72.3 Å². The first kappa shape index (κ1) is 19.5. The van der Waals surface area contributed by atoms with Crippen LogP contribution in [0.4, 0.5) is 5.69 Å². The average Bonchev–Trinajstić information content (AvgIpc) is 2.77. The topological polar surface area (TPSA) is 73.9 Å². The molecule has 0 fully saturated rings. The number of fused-ring (bicyclic) bond motifs is 2. The van der Waals surface area contributed by atoms with Gasteiger partial charge in [0.1, 0.15) is 13.2 Å². The summed E-state index contributed by atoms with van der Waals surface area (Å²) in [4.78, 5) is 24.6. The molecule has 0 aromatic heterocycles. The lowest BCUT2D eigenvalue weighted by Gasteiger charge is -2.18. The highest BCUT2D eigenvalue weighted by molar-refractivity contribution is 6.04. The number of hydrogen-bond acceptors (Lipinski definition) is 5. The predicted molar refractivity (Wildman–Crippen MR) is 115 cm³/mol. The van der Waals surface area contributed by atoms with Crippen LogP contribution in [-0.4, -0.2) is 31.2 Å². The molecule has 0 unspecified atom stereocenters. The number of carbonyl (C=O) groups is 2. The Kier molecular flexibility index (Phi) is 5.66. The molecule has 0 bridgehead atoms. The van der Waals surface area contributed by atoms with Crippen LogP contribution in [0.2, 0.25) is 0 Å². The van der Waals surface area contributed by atoms with E-state index < -0.39 is 18.0 Å². The van der Waals surface area contributed by atoms with Crippen molar-refractivity contribution in [1.82, 2.24) is 0 Å². The van der Waals surface area contributed by atoms with E-state index in [1.165, 1.54) is 13.0 Å². The smallest absolute Gasteiger partial charge is 0.331 e. The molecule has 0 saturated heterocycles. The van der Waals surface area contributed by atoms with Crippen molar-refractivity contribution in [1.29, 1.82) is 0 Å². The van der Waals surface area contributed by atoms with Gasteiger partial charge in [-0.2, -0.15) is 0 Å². The van der Waals surface area contributed by atoms with Crippen molar-refractivity contribution >= 4 is 34.4 Å². The van der Waals surface area contributed by atoms with Crippen molar-refractivity contribution in [2.24, 2.45) is 0 Å². The predicted octanol–water partition coefficient (Wildman–Crippen LogP) is 4.19. The van der Waals surface area contributed by atoms with Crippen molar-refractivity contribution in [2.75, 3.05) is 18.5 Å². The lowest BCUT2D eigenvalue weighted by molar-refractivity contribution is -0.148. The minimum Gasteiger partial charge on any atom is -0.486 e. The third kappa shape index (κ3) is 4.43. The maximum atomic E-state index is 12.5. The first-order valence-corrected chi connectivity index (χ1v) is 9.67. The van der Waals surface area contributed by atoms with Gasteiger partial charge in [0.25, 0.3) is 5.91 Å². The molecule has 1 N–H and O–H groups in total. The van der Waals surface area contributed by atoms with Crippen LogP contribution in [0.25, 0.3) is 16.8 Å². The number of esters is 1. The van der Waals surface area contributed by atoms with Gasteiger partial charge in [-0.15, -0.1) is 0 Å². The Balaban J connectivity index is 1.37. The molecule has 30 heavy (non-hydrogen) atoms. The summed E-state index contributed by atoms with van der Waals surface area (Å²) in [5.41, 5.74) is 1.44. The fraction of sp³-hybridized carbons (Fsp3) is 0.167. The summed E-state index contributed by atoms with van der Waals surface area (Å²) in [7, 11) is 0. The highest BCUT2D eigenvalue weighted by Gasteiger charge is 2.17. The molecule has 1 amide bonds. The van der Waals surface area contributed by atoms with E-state index >= 15 is 0 Å². The third-order valence-electron chi connectivity index (χ3n) is 4.69. The molecule has 0 spiro atoms. The Hall–Kier alpha value is -3.80. The molecule has 0 radical (unpaired) electrons. The summed E-state index contributed by atoms with van der Waals surface area (Å²) < 4.78 is 16.2. The number of hydrogen-bond donors (Lipinski definition) is 1. The molecule has 6 heteroatoms. The van der Waals surface area contributed by atoms with Gasteiger partial charge in [0.05, 0.1) is 0 Å². The standard InChI is InChI=1S/C24H21NO5/c1-16(24(27)25-20-8-4-6-18-5-2-3-7-19(18)20)30-23(26)12-10-17-9-11-21-22(15-17)29-14-13-28-21/h2-12,15-16H,13-14H2,1H3,(H,25,27)/b12-10+/t16-/m1/s1. The van der Waals surface area contributed by atoms with E-state index in [-0.39, 0.29) is 0 Å². The van der Waals surface area contributed by atoms with E-state index in [2.05, 4.69) is 5.32 Å². The zero-order chi connectivity index (χ0) is 20.9. The number of carbonyl (C=O) groups excluding carboxylic acids is 2. The molecule has 1 atom stereocenters. The van der Waals surface area contributed by atoms with Crippen LogP contribution in [0.1, 0.15) is 12.5 Å². The van der Waals surface area contributed by atoms with Crippen LogP contribution >= 0.6 is 0 Å². The van der Waals surface area contributed by atoms with Crippen LogP contribution in [0.3, 0.4) is 0 Å². The lowest BCUT2D eigenvalue weighted by atomic mass is 10.1. The zero-order valence-electron chi connectivity index (χ0n) is 16.5. The van der Waals surface area contributed by atoms with Gasteiger partial charge >= 0.3 is 5.97 Å². The second-order valence-electron chi connectivity index (χ2n) is 6.83. The van der Waals surface area contributed by atoms with Gasteiger partial charge in [-0.05, 0) is 42.1 Å². The number of nitrogens with one attached hydrogen (secondary N) is 1. The monoisotopic (exact) mass is 403 g/mol. The largest absolute Gasteiger partial charge is 0.486 e. The summed E-state index contributed by atoms with van der Waals surface area (Å²) >= 11 is 0. The Labute approximate surface area is 174 Å². The van der Waals surface area contributed by atoms with E-state index in [4.69, 9.17) is 14.2 Å². The van der Waals surface area contributed by atoms with Gasteiger partial charge in [-0.3, -0.25) is 4.79 Å². The second-order valence-corrected chi connectivity index (χ2v) is 6.83. The van der Waals surface area contributed by atoms with Gasteiger partial charge < -0.3 is 19.5 Å². The number of ether oxygens (including phenoxy) is 3. The van der Waals surface area contributed by atoms with Crippen LogP contribution in [0.5, 0.6) is 11.5 Å². The van der Waals surface area contributed by atoms with E-state index in [9.17, 15) is 9.59 Å². The van der Waals surface area contributed by atoms with E-state index in [1.807, 2.05) is 48.5 Å². The second kappa shape index (κ2) is 8.69. The molecule has 1 aliphatic heterocycles. The van der Waals surface area contributed by atoms with Crippen molar-refractivity contribution < 1.29 is 23.8 Å². The summed E-state index contributed by atoms with van der Waals surface area (Å²) in [5.74, 6) is 0.317. The number of amides is 1. The third-order valence-corrected chi connectivity index (χ3v) is 4.69. The van der Waals surface area contributed by atoms with Crippen molar-refractivity contribution in [2.45, 2.75) is 13.0 Å². The van der Waals surface area contributed by atoms with Crippen LogP contribution < -0.4 is 14.8 Å². The van der Waals surface area contributed by atoms with Gasteiger partial charge in [0.15, 0.2) is 17.6 Å². The molecule has 3 aromatic carbocycles. The van der Waals surface area contributed by atoms with Gasteiger partial charge in [-0.1, -0.05) is 42.5 Å². The Morgan fingerprint density at radius 3 is 2.63 bits per heavy atom. The SMILES string of the molecule is C[C@@H](OC(=O)/C=C/c1ccc2c(c1)OCCO2)C(=O)Nc1cccc2ccccc12. The summed E-state index contributed by atoms with van der Waals surface area (Å²) in [6.07, 6.45) is 1.95.